The molecule has 0 saturated heterocycles. The molecule has 3 unspecified atom stereocenters. The molecule has 3 atom stereocenters. The fourth-order valence-electron chi connectivity index (χ4n) is 4.48. The van der Waals surface area contributed by atoms with Gasteiger partial charge in [0.2, 0.25) is 0 Å². The molecule has 0 aromatic rings. The van der Waals surface area contributed by atoms with Crippen LogP contribution in [0.3, 0.4) is 0 Å². The van der Waals surface area contributed by atoms with Crippen LogP contribution in [0.2, 0.25) is 0 Å². The first-order valence-corrected chi connectivity index (χ1v) is 7.86. The van der Waals surface area contributed by atoms with Crippen LogP contribution in [0.25, 0.3) is 0 Å². The third-order valence-corrected chi connectivity index (χ3v) is 5.50. The first kappa shape index (κ1) is 11.8. The number of alkyl carbamates (subject to hydrolysis) is 1. The minimum Gasteiger partial charge on any atom is -0.449 e. The molecule has 3 saturated carbocycles. The van der Waals surface area contributed by atoms with Crippen LogP contribution in [0.15, 0.2) is 11.6 Å². The molecule has 19 heavy (non-hydrogen) atoms. The van der Waals surface area contributed by atoms with E-state index >= 15 is 0 Å². The Balaban J connectivity index is 1.43. The van der Waals surface area contributed by atoms with E-state index in [-0.39, 0.29) is 11.6 Å². The number of ether oxygens (including phenoxy) is 1. The third-order valence-electron chi connectivity index (χ3n) is 5.50. The van der Waals surface area contributed by atoms with E-state index in [0.29, 0.717) is 12.5 Å². The van der Waals surface area contributed by atoms with E-state index in [2.05, 4.69) is 11.4 Å². The van der Waals surface area contributed by atoms with Gasteiger partial charge in [0.15, 0.2) is 0 Å². The van der Waals surface area contributed by atoms with Crippen molar-refractivity contribution in [2.45, 2.75) is 56.9 Å². The van der Waals surface area contributed by atoms with Gasteiger partial charge in [-0.15, -0.1) is 0 Å². The molecule has 0 aliphatic heterocycles. The molecule has 0 aromatic heterocycles. The van der Waals surface area contributed by atoms with Crippen LogP contribution in [0.1, 0.15) is 51.4 Å². The summed E-state index contributed by atoms with van der Waals surface area (Å²) in [7, 11) is 0. The normalized spacial score (nSPS) is 39.7. The second kappa shape index (κ2) is 4.26. The Hall–Kier alpha value is -0.990. The summed E-state index contributed by atoms with van der Waals surface area (Å²) >= 11 is 0. The lowest BCUT2D eigenvalue weighted by atomic mass is 9.75. The minimum atomic E-state index is -0.173. The average Bonchev–Trinajstić information content (AvgIpc) is 3.14. The van der Waals surface area contributed by atoms with Gasteiger partial charge < -0.3 is 10.1 Å². The van der Waals surface area contributed by atoms with Gasteiger partial charge in [-0.1, -0.05) is 11.6 Å². The zero-order valence-electron chi connectivity index (χ0n) is 11.5. The highest BCUT2D eigenvalue weighted by molar-refractivity contribution is 5.68. The molecule has 1 amide bonds. The Kier molecular flexibility index (Phi) is 2.64. The molecule has 0 radical (unpaired) electrons. The Morgan fingerprint density at radius 2 is 2.26 bits per heavy atom. The molecular weight excluding hydrogens is 238 g/mol. The van der Waals surface area contributed by atoms with E-state index in [1.807, 2.05) is 0 Å². The van der Waals surface area contributed by atoms with Crippen molar-refractivity contribution in [2.75, 3.05) is 6.61 Å². The summed E-state index contributed by atoms with van der Waals surface area (Å²) in [5.74, 6) is 2.19. The molecule has 0 spiro atoms. The fraction of sp³-hybridized carbons (Fsp3) is 0.812. The van der Waals surface area contributed by atoms with Gasteiger partial charge in [-0.3, -0.25) is 0 Å². The molecule has 4 aliphatic carbocycles. The molecule has 0 aromatic carbocycles. The number of allylic oxidation sites excluding steroid dienone is 1. The summed E-state index contributed by atoms with van der Waals surface area (Å²) in [5, 5.41) is 3.23. The minimum absolute atomic E-state index is 0.0282. The van der Waals surface area contributed by atoms with Crippen LogP contribution in [0, 0.1) is 17.8 Å². The smallest absolute Gasteiger partial charge is 0.407 e. The van der Waals surface area contributed by atoms with Gasteiger partial charge in [0.05, 0.1) is 6.61 Å². The molecule has 3 nitrogen and oxygen atoms in total. The summed E-state index contributed by atoms with van der Waals surface area (Å²) in [6.45, 7) is 0.622. The molecule has 3 bridgehead atoms. The van der Waals surface area contributed by atoms with E-state index in [1.165, 1.54) is 38.5 Å². The standard InChI is InChI=1S/C16H23NO2/c18-15(19-10-11-4-5-11)17-16-7-12-2-1-3-13(8-16)14(6-12)9-16/h3,11-12,14H,1-2,4-10H2,(H,17,18). The Labute approximate surface area is 114 Å². The first-order valence-electron chi connectivity index (χ1n) is 7.86. The molecule has 4 rings (SSSR count). The van der Waals surface area contributed by atoms with Crippen molar-refractivity contribution in [3.63, 3.8) is 0 Å². The van der Waals surface area contributed by atoms with Crippen LogP contribution in [0.4, 0.5) is 4.79 Å². The lowest BCUT2D eigenvalue weighted by Crippen LogP contribution is -2.49. The van der Waals surface area contributed by atoms with Crippen LogP contribution in [0.5, 0.6) is 0 Å². The lowest BCUT2D eigenvalue weighted by Gasteiger charge is -2.37. The summed E-state index contributed by atoms with van der Waals surface area (Å²) in [5.41, 5.74) is 1.64. The van der Waals surface area contributed by atoms with E-state index in [0.717, 1.165) is 24.7 Å². The summed E-state index contributed by atoms with van der Waals surface area (Å²) in [6.07, 6.45) is 12.0. The molecule has 3 heteroatoms. The number of hydrogen-bond acceptors (Lipinski definition) is 2. The second-order valence-corrected chi connectivity index (χ2v) is 7.19. The number of hydrogen-bond donors (Lipinski definition) is 1. The van der Waals surface area contributed by atoms with Gasteiger partial charge in [-0.05, 0) is 69.1 Å². The second-order valence-electron chi connectivity index (χ2n) is 7.19. The van der Waals surface area contributed by atoms with Gasteiger partial charge in [0.1, 0.15) is 0 Å². The van der Waals surface area contributed by atoms with E-state index in [9.17, 15) is 4.79 Å². The SMILES string of the molecule is O=C(NC12CC3=CCCC(CC3C1)C2)OCC1CC1. The van der Waals surface area contributed by atoms with Gasteiger partial charge >= 0.3 is 6.09 Å². The number of amides is 1. The topological polar surface area (TPSA) is 38.3 Å². The highest BCUT2D eigenvalue weighted by Gasteiger charge is 2.49. The van der Waals surface area contributed by atoms with Crippen LogP contribution >= 0.6 is 0 Å². The number of nitrogens with one attached hydrogen (secondary N) is 1. The molecule has 3 fully saturated rings. The van der Waals surface area contributed by atoms with Gasteiger partial charge in [-0.2, -0.15) is 0 Å². The third kappa shape index (κ3) is 2.28. The quantitative estimate of drug-likeness (QED) is 0.791. The average molecular weight is 261 g/mol. The molecule has 1 N–H and O–H groups in total. The number of fused-ring (bicyclic) bond motifs is 2. The highest BCUT2D eigenvalue weighted by atomic mass is 16.5. The maximum Gasteiger partial charge on any atom is 0.407 e. The Morgan fingerprint density at radius 1 is 1.37 bits per heavy atom. The monoisotopic (exact) mass is 261 g/mol. The fourth-order valence-corrected chi connectivity index (χ4v) is 4.48. The first-order chi connectivity index (χ1) is 9.22. The van der Waals surface area contributed by atoms with Crippen molar-refractivity contribution in [1.29, 1.82) is 0 Å². The van der Waals surface area contributed by atoms with Crippen molar-refractivity contribution >= 4 is 6.09 Å². The van der Waals surface area contributed by atoms with E-state index in [4.69, 9.17) is 4.74 Å². The molecule has 0 heterocycles. The van der Waals surface area contributed by atoms with Crippen molar-refractivity contribution in [1.82, 2.24) is 5.32 Å². The Morgan fingerprint density at radius 3 is 3.11 bits per heavy atom. The van der Waals surface area contributed by atoms with Gasteiger partial charge in [-0.25, -0.2) is 4.79 Å². The molecule has 4 aliphatic rings. The van der Waals surface area contributed by atoms with Gasteiger partial charge in [0.25, 0.3) is 0 Å². The van der Waals surface area contributed by atoms with Crippen molar-refractivity contribution in [2.24, 2.45) is 17.8 Å². The van der Waals surface area contributed by atoms with Gasteiger partial charge in [0, 0.05) is 5.54 Å². The number of carbonyl (C=O) groups excluding carboxylic acids is 1. The predicted molar refractivity (Wildman–Crippen MR) is 72.7 cm³/mol. The zero-order chi connectivity index (χ0) is 12.9. The summed E-state index contributed by atoms with van der Waals surface area (Å²) < 4.78 is 5.37. The van der Waals surface area contributed by atoms with E-state index < -0.39 is 0 Å². The summed E-state index contributed by atoms with van der Waals surface area (Å²) in [6, 6.07) is 0. The van der Waals surface area contributed by atoms with Crippen molar-refractivity contribution in [3.8, 4) is 0 Å². The van der Waals surface area contributed by atoms with Crippen LogP contribution in [-0.2, 0) is 4.74 Å². The summed E-state index contributed by atoms with van der Waals surface area (Å²) in [4.78, 5) is 12.0. The Bertz CT molecular complexity index is 426. The predicted octanol–water partition coefficient (Wildman–Crippen LogP) is 3.40. The van der Waals surface area contributed by atoms with Crippen LogP contribution in [-0.4, -0.2) is 18.2 Å². The van der Waals surface area contributed by atoms with Crippen LogP contribution < -0.4 is 5.32 Å². The number of rotatable bonds is 3. The lowest BCUT2D eigenvalue weighted by molar-refractivity contribution is 0.113. The molecular formula is C16H23NO2. The van der Waals surface area contributed by atoms with Crippen molar-refractivity contribution < 1.29 is 9.53 Å². The largest absolute Gasteiger partial charge is 0.449 e. The maximum absolute atomic E-state index is 12.0. The van der Waals surface area contributed by atoms with E-state index in [1.54, 1.807) is 5.57 Å². The maximum atomic E-state index is 12.0. The number of carbonyl (C=O) groups is 1. The highest BCUT2D eigenvalue weighted by Crippen LogP contribution is 2.53. The zero-order valence-corrected chi connectivity index (χ0v) is 11.5. The molecule has 104 valence electrons. The van der Waals surface area contributed by atoms with Crippen molar-refractivity contribution in [3.05, 3.63) is 11.6 Å².